The number of hydrogen-bond acceptors (Lipinski definition) is 6. The van der Waals surface area contributed by atoms with E-state index < -0.39 is 27.7 Å². The Labute approximate surface area is 142 Å². The lowest BCUT2D eigenvalue weighted by atomic mass is 10.1. The van der Waals surface area contributed by atoms with Crippen molar-refractivity contribution in [3.05, 3.63) is 29.8 Å². The van der Waals surface area contributed by atoms with E-state index in [9.17, 15) is 21.6 Å². The van der Waals surface area contributed by atoms with Crippen LogP contribution >= 0.6 is 0 Å². The van der Waals surface area contributed by atoms with Gasteiger partial charge in [-0.25, -0.2) is 0 Å². The molecule has 3 rings (SSSR count). The molecule has 10 heteroatoms. The number of hydrogen-bond donors (Lipinski definition) is 0. The fraction of sp³-hybridized carbons (Fsp3) is 0.467. The normalized spacial score (nSPS) is 20.9. The molecular weight excluding hydrogens is 365 g/mol. The van der Waals surface area contributed by atoms with Crippen LogP contribution in [0.5, 0.6) is 11.5 Å². The SMILES string of the molecule is O=S(=O)(OC1=CCOc2cc(OC3CCCCO3)ccc21)C(F)(F)F. The van der Waals surface area contributed by atoms with E-state index in [4.69, 9.17) is 14.2 Å². The van der Waals surface area contributed by atoms with E-state index in [1.807, 2.05) is 0 Å². The quantitative estimate of drug-likeness (QED) is 0.590. The molecule has 0 saturated carbocycles. The van der Waals surface area contributed by atoms with Crippen molar-refractivity contribution in [3.8, 4) is 11.5 Å². The van der Waals surface area contributed by atoms with Crippen molar-refractivity contribution in [3.63, 3.8) is 0 Å². The Bertz CT molecular complexity index is 766. The van der Waals surface area contributed by atoms with Crippen LogP contribution in [0.2, 0.25) is 0 Å². The Morgan fingerprint density at radius 1 is 1.20 bits per heavy atom. The highest BCUT2D eigenvalue weighted by molar-refractivity contribution is 7.87. The third kappa shape index (κ3) is 4.01. The highest BCUT2D eigenvalue weighted by Crippen LogP contribution is 2.37. The lowest BCUT2D eigenvalue weighted by molar-refractivity contribution is -0.105. The summed E-state index contributed by atoms with van der Waals surface area (Å²) in [5.74, 6) is 0.146. The minimum Gasteiger partial charge on any atom is -0.488 e. The first kappa shape index (κ1) is 17.9. The van der Waals surface area contributed by atoms with E-state index in [0.29, 0.717) is 12.4 Å². The molecule has 1 saturated heterocycles. The van der Waals surface area contributed by atoms with Gasteiger partial charge in [0.15, 0.2) is 12.0 Å². The Balaban J connectivity index is 1.78. The monoisotopic (exact) mass is 380 g/mol. The van der Waals surface area contributed by atoms with Gasteiger partial charge < -0.3 is 18.4 Å². The van der Waals surface area contributed by atoms with Crippen molar-refractivity contribution in [1.82, 2.24) is 0 Å². The van der Waals surface area contributed by atoms with Crippen LogP contribution in [-0.2, 0) is 19.0 Å². The van der Waals surface area contributed by atoms with Crippen LogP contribution in [0.1, 0.15) is 24.8 Å². The summed E-state index contributed by atoms with van der Waals surface area (Å²) in [5.41, 5.74) is -5.41. The summed E-state index contributed by atoms with van der Waals surface area (Å²) in [6.07, 6.45) is 3.40. The smallest absolute Gasteiger partial charge is 0.488 e. The molecular formula is C15H15F3O6S. The fourth-order valence-electron chi connectivity index (χ4n) is 2.42. The maximum Gasteiger partial charge on any atom is 0.534 e. The van der Waals surface area contributed by atoms with Crippen molar-refractivity contribution in [1.29, 1.82) is 0 Å². The molecule has 1 fully saturated rings. The van der Waals surface area contributed by atoms with Gasteiger partial charge in [-0.3, -0.25) is 0 Å². The number of benzene rings is 1. The van der Waals surface area contributed by atoms with Crippen LogP contribution in [0, 0.1) is 0 Å². The second-order valence-electron chi connectivity index (χ2n) is 5.43. The van der Waals surface area contributed by atoms with Crippen molar-refractivity contribution in [2.24, 2.45) is 0 Å². The molecule has 6 nitrogen and oxygen atoms in total. The average Bonchev–Trinajstić information content (AvgIpc) is 2.54. The van der Waals surface area contributed by atoms with Crippen LogP contribution in [0.25, 0.3) is 5.76 Å². The van der Waals surface area contributed by atoms with Crippen molar-refractivity contribution >= 4 is 15.9 Å². The van der Waals surface area contributed by atoms with Gasteiger partial charge in [0, 0.05) is 12.5 Å². The molecule has 0 bridgehead atoms. The maximum atomic E-state index is 12.5. The minimum atomic E-state index is -5.75. The zero-order valence-corrected chi connectivity index (χ0v) is 13.7. The fourth-order valence-corrected chi connectivity index (χ4v) is 2.90. The molecule has 1 atom stereocenters. The Kier molecular flexibility index (Phi) is 4.83. The highest BCUT2D eigenvalue weighted by Gasteiger charge is 2.49. The summed E-state index contributed by atoms with van der Waals surface area (Å²) < 4.78 is 80.5. The molecule has 1 unspecified atom stereocenters. The van der Waals surface area contributed by atoms with Gasteiger partial charge in [0.1, 0.15) is 18.1 Å². The Hall–Kier alpha value is -1.94. The number of alkyl halides is 3. The second-order valence-corrected chi connectivity index (χ2v) is 6.97. The van der Waals surface area contributed by atoms with Gasteiger partial charge >= 0.3 is 15.6 Å². The molecule has 1 aromatic carbocycles. The van der Waals surface area contributed by atoms with E-state index >= 15 is 0 Å². The molecule has 0 radical (unpaired) electrons. The molecule has 1 aromatic rings. The summed E-state index contributed by atoms with van der Waals surface area (Å²) in [5, 5.41) is 0. The number of halogens is 3. The third-order valence-corrected chi connectivity index (χ3v) is 4.58. The Morgan fingerprint density at radius 2 is 2.00 bits per heavy atom. The highest BCUT2D eigenvalue weighted by atomic mass is 32.2. The zero-order valence-electron chi connectivity index (χ0n) is 12.9. The average molecular weight is 380 g/mol. The number of ether oxygens (including phenoxy) is 3. The lowest BCUT2D eigenvalue weighted by Crippen LogP contribution is -2.26. The van der Waals surface area contributed by atoms with Gasteiger partial charge in [0.25, 0.3) is 0 Å². The molecule has 0 N–H and O–H groups in total. The van der Waals surface area contributed by atoms with Crippen LogP contribution < -0.4 is 9.47 Å². The lowest BCUT2D eigenvalue weighted by Gasteiger charge is -2.24. The largest absolute Gasteiger partial charge is 0.534 e. The van der Waals surface area contributed by atoms with Gasteiger partial charge in [-0.15, -0.1) is 0 Å². The van der Waals surface area contributed by atoms with E-state index in [1.54, 1.807) is 0 Å². The first-order valence-corrected chi connectivity index (χ1v) is 8.93. The number of rotatable bonds is 4. The van der Waals surface area contributed by atoms with Crippen LogP contribution in [0.4, 0.5) is 13.2 Å². The third-order valence-electron chi connectivity index (χ3n) is 3.61. The predicted octanol–water partition coefficient (Wildman–Crippen LogP) is 3.19. The Morgan fingerprint density at radius 3 is 2.68 bits per heavy atom. The number of fused-ring (bicyclic) bond motifs is 1. The maximum absolute atomic E-state index is 12.5. The first-order valence-electron chi connectivity index (χ1n) is 7.53. The standard InChI is InChI=1S/C15H15F3O6S/c16-15(17,18)25(19,20)24-12-6-8-21-13-9-10(4-5-11(12)13)23-14-3-1-2-7-22-14/h4-6,9,14H,1-3,7-8H2. The second kappa shape index (κ2) is 6.75. The zero-order chi connectivity index (χ0) is 18.1. The molecule has 2 aliphatic rings. The van der Waals surface area contributed by atoms with E-state index in [0.717, 1.165) is 25.3 Å². The van der Waals surface area contributed by atoms with Gasteiger partial charge in [0.2, 0.25) is 0 Å². The predicted molar refractivity (Wildman–Crippen MR) is 80.2 cm³/mol. The molecule has 2 aliphatic heterocycles. The summed E-state index contributed by atoms with van der Waals surface area (Å²) in [6.45, 7) is 0.473. The van der Waals surface area contributed by atoms with E-state index in [2.05, 4.69) is 4.18 Å². The van der Waals surface area contributed by atoms with Crippen LogP contribution in [-0.4, -0.2) is 33.4 Å². The molecule has 0 spiro atoms. The van der Waals surface area contributed by atoms with Gasteiger partial charge in [0.05, 0.1) is 12.2 Å². The van der Waals surface area contributed by atoms with Gasteiger partial charge in [-0.05, 0) is 31.1 Å². The summed E-state index contributed by atoms with van der Waals surface area (Å²) >= 11 is 0. The summed E-state index contributed by atoms with van der Waals surface area (Å²) in [6, 6.07) is 4.33. The first-order chi connectivity index (χ1) is 11.8. The van der Waals surface area contributed by atoms with Crippen molar-refractivity contribution in [2.75, 3.05) is 13.2 Å². The molecule has 2 heterocycles. The minimum absolute atomic E-state index is 0.0935. The molecule has 0 aliphatic carbocycles. The van der Waals surface area contributed by atoms with Crippen LogP contribution in [0.15, 0.2) is 24.3 Å². The van der Waals surface area contributed by atoms with Crippen molar-refractivity contribution in [2.45, 2.75) is 31.1 Å². The van der Waals surface area contributed by atoms with E-state index in [-0.39, 0.29) is 17.9 Å². The van der Waals surface area contributed by atoms with Gasteiger partial charge in [-0.1, -0.05) is 0 Å². The summed E-state index contributed by atoms with van der Waals surface area (Å²) in [7, 11) is -5.75. The molecule has 138 valence electrons. The van der Waals surface area contributed by atoms with E-state index in [1.165, 1.54) is 18.2 Å². The summed E-state index contributed by atoms with van der Waals surface area (Å²) in [4.78, 5) is 0. The van der Waals surface area contributed by atoms with Crippen LogP contribution in [0.3, 0.4) is 0 Å². The topological polar surface area (TPSA) is 71.1 Å². The molecule has 0 aromatic heterocycles. The van der Waals surface area contributed by atoms with Crippen molar-refractivity contribution < 1.29 is 40.0 Å². The molecule has 25 heavy (non-hydrogen) atoms. The molecule has 0 amide bonds. The van der Waals surface area contributed by atoms with Gasteiger partial charge in [-0.2, -0.15) is 21.6 Å².